The number of unbranched alkanes of at least 4 members (excludes halogenated alkanes) is 3. The van der Waals surface area contributed by atoms with Crippen molar-refractivity contribution in [1.82, 2.24) is 9.21 Å². The molecule has 0 saturated heterocycles. The van der Waals surface area contributed by atoms with Crippen LogP contribution < -0.4 is 0 Å². The van der Waals surface area contributed by atoms with Gasteiger partial charge in [0.1, 0.15) is 0 Å². The topological polar surface area (TPSA) is 40.6 Å². The molecule has 0 spiro atoms. The normalized spacial score (nSPS) is 18.8. The van der Waals surface area contributed by atoms with Crippen molar-refractivity contribution < 1.29 is 8.42 Å². The van der Waals surface area contributed by atoms with E-state index in [2.05, 4.69) is 72.5 Å². The minimum atomic E-state index is -3.66. The van der Waals surface area contributed by atoms with Crippen LogP contribution in [0.15, 0.2) is 102 Å². The summed E-state index contributed by atoms with van der Waals surface area (Å²) in [6, 6.07) is 27.9. The second-order valence-corrected chi connectivity index (χ2v) is 12.0. The van der Waals surface area contributed by atoms with Crippen LogP contribution in [0.25, 0.3) is 11.1 Å². The van der Waals surface area contributed by atoms with Gasteiger partial charge in [-0.15, -0.1) is 0 Å². The third-order valence-corrected chi connectivity index (χ3v) is 8.99. The van der Waals surface area contributed by atoms with Crippen LogP contribution in [0.5, 0.6) is 0 Å². The van der Waals surface area contributed by atoms with Gasteiger partial charge in [0.2, 0.25) is 10.0 Å². The van der Waals surface area contributed by atoms with E-state index in [0.29, 0.717) is 18.0 Å². The van der Waals surface area contributed by atoms with Crippen molar-refractivity contribution in [3.05, 3.63) is 114 Å². The van der Waals surface area contributed by atoms with Gasteiger partial charge in [0.25, 0.3) is 0 Å². The Morgan fingerprint density at radius 3 is 1.71 bits per heavy atom. The average molecular weight is 529 g/mol. The van der Waals surface area contributed by atoms with Crippen LogP contribution in [0.3, 0.4) is 0 Å². The van der Waals surface area contributed by atoms with E-state index in [4.69, 9.17) is 0 Å². The van der Waals surface area contributed by atoms with Crippen LogP contribution in [0.1, 0.15) is 49.3 Å². The maximum atomic E-state index is 13.8. The van der Waals surface area contributed by atoms with Gasteiger partial charge in [-0.25, -0.2) is 8.42 Å². The third-order valence-electron chi connectivity index (χ3n) is 7.15. The quantitative estimate of drug-likeness (QED) is 0.280. The molecule has 4 rings (SSSR count). The standard InChI is InChI=1S/C33H40N2O2S/c1-3-4-5-12-23-34-26-31(29-13-8-6-9-14-29)21-24-35(38(36,37)33-19-17-28(2)18-20-33)25-22-32(27-34)30-15-10-7-11-16-30/h6-11,13-22H,3-5,12,23-27H2,1-2H3/b31-21+,32-22+. The van der Waals surface area contributed by atoms with E-state index in [-0.39, 0.29) is 0 Å². The number of rotatable bonds is 9. The Bertz CT molecular complexity index is 1250. The summed E-state index contributed by atoms with van der Waals surface area (Å²) in [5.74, 6) is 0. The van der Waals surface area contributed by atoms with Gasteiger partial charge in [0.05, 0.1) is 4.90 Å². The fourth-order valence-electron chi connectivity index (χ4n) is 4.86. The predicted molar refractivity (Wildman–Crippen MR) is 159 cm³/mol. The number of hydrogen-bond donors (Lipinski definition) is 0. The van der Waals surface area contributed by atoms with Gasteiger partial charge in [-0.05, 0) is 54.3 Å². The molecule has 0 aliphatic carbocycles. The summed E-state index contributed by atoms with van der Waals surface area (Å²) in [4.78, 5) is 2.86. The van der Waals surface area contributed by atoms with Crippen LogP contribution in [0, 0.1) is 6.92 Å². The largest absolute Gasteiger partial charge is 0.295 e. The Kier molecular flexibility index (Phi) is 10.1. The molecule has 200 valence electrons. The highest BCUT2D eigenvalue weighted by molar-refractivity contribution is 7.89. The Morgan fingerprint density at radius 1 is 0.684 bits per heavy atom. The summed E-state index contributed by atoms with van der Waals surface area (Å²) in [5, 5.41) is 0. The molecule has 38 heavy (non-hydrogen) atoms. The van der Waals surface area contributed by atoms with Crippen LogP contribution in [-0.2, 0) is 10.0 Å². The van der Waals surface area contributed by atoms with E-state index >= 15 is 0 Å². The van der Waals surface area contributed by atoms with Gasteiger partial charge in [-0.3, -0.25) is 4.90 Å². The summed E-state index contributed by atoms with van der Waals surface area (Å²) < 4.78 is 29.1. The lowest BCUT2D eigenvalue weighted by molar-refractivity contribution is 0.332. The van der Waals surface area contributed by atoms with E-state index in [1.807, 2.05) is 31.2 Å². The van der Waals surface area contributed by atoms with Crippen molar-refractivity contribution in [2.24, 2.45) is 0 Å². The minimum absolute atomic E-state index is 0.322. The average Bonchev–Trinajstić information content (AvgIpc) is 2.94. The molecule has 1 heterocycles. The van der Waals surface area contributed by atoms with Crippen molar-refractivity contribution in [2.75, 3.05) is 32.7 Å². The number of nitrogens with zero attached hydrogens (tertiary/aromatic N) is 2. The first-order chi connectivity index (χ1) is 18.5. The number of aryl methyl sites for hydroxylation is 1. The highest BCUT2D eigenvalue weighted by Gasteiger charge is 2.24. The molecule has 0 fully saturated rings. The molecule has 0 radical (unpaired) electrons. The SMILES string of the molecule is CCCCCCN1C/C(c2ccccc2)=C\CN(S(=O)(=O)c2ccc(C)cc2)C/C=C(/c2ccccc2)C1. The van der Waals surface area contributed by atoms with Crippen molar-refractivity contribution in [3.8, 4) is 0 Å². The Labute approximate surface area is 229 Å². The highest BCUT2D eigenvalue weighted by atomic mass is 32.2. The van der Waals surface area contributed by atoms with Gasteiger partial charge in [0.15, 0.2) is 0 Å². The van der Waals surface area contributed by atoms with Gasteiger partial charge in [-0.1, -0.05) is 117 Å². The first-order valence-corrected chi connectivity index (χ1v) is 15.2. The molecule has 0 unspecified atom stereocenters. The lowest BCUT2D eigenvalue weighted by Gasteiger charge is -2.28. The molecular formula is C33H40N2O2S. The zero-order chi connectivity index (χ0) is 26.8. The second kappa shape index (κ2) is 13.7. The molecule has 0 bridgehead atoms. The summed E-state index contributed by atoms with van der Waals surface area (Å²) >= 11 is 0. The first-order valence-electron chi connectivity index (χ1n) is 13.8. The summed E-state index contributed by atoms with van der Waals surface area (Å²) in [6.45, 7) is 7.42. The van der Waals surface area contributed by atoms with Crippen molar-refractivity contribution in [1.29, 1.82) is 0 Å². The van der Waals surface area contributed by atoms with Crippen molar-refractivity contribution in [2.45, 2.75) is 44.4 Å². The molecule has 5 heteroatoms. The molecule has 4 nitrogen and oxygen atoms in total. The van der Waals surface area contributed by atoms with Gasteiger partial charge in [0, 0.05) is 26.2 Å². The van der Waals surface area contributed by atoms with Crippen LogP contribution >= 0.6 is 0 Å². The third kappa shape index (κ3) is 7.53. The fourth-order valence-corrected chi connectivity index (χ4v) is 6.18. The Morgan fingerprint density at radius 2 is 1.21 bits per heavy atom. The van der Waals surface area contributed by atoms with Crippen molar-refractivity contribution >= 4 is 21.2 Å². The molecule has 0 N–H and O–H groups in total. The Hall–Kier alpha value is -2.99. The molecule has 3 aromatic rings. The molecule has 0 amide bonds. The van der Waals surface area contributed by atoms with Crippen molar-refractivity contribution in [3.63, 3.8) is 0 Å². The maximum absolute atomic E-state index is 13.8. The van der Waals surface area contributed by atoms with E-state index in [0.717, 1.165) is 42.7 Å². The molecule has 0 aromatic heterocycles. The van der Waals surface area contributed by atoms with Crippen LogP contribution in [0.2, 0.25) is 0 Å². The van der Waals surface area contributed by atoms with E-state index in [1.165, 1.54) is 30.4 Å². The second-order valence-electron chi connectivity index (χ2n) is 10.1. The van der Waals surface area contributed by atoms with Gasteiger partial charge < -0.3 is 0 Å². The van der Waals surface area contributed by atoms with Crippen LogP contribution in [0.4, 0.5) is 0 Å². The van der Waals surface area contributed by atoms with E-state index in [9.17, 15) is 8.42 Å². The number of benzene rings is 3. The molecular weight excluding hydrogens is 488 g/mol. The molecule has 0 saturated carbocycles. The molecule has 1 aliphatic rings. The summed E-state index contributed by atoms with van der Waals surface area (Å²) in [6.07, 6.45) is 9.08. The highest BCUT2D eigenvalue weighted by Crippen LogP contribution is 2.25. The number of sulfonamides is 1. The summed E-state index contributed by atoms with van der Waals surface area (Å²) in [7, 11) is -3.66. The minimum Gasteiger partial charge on any atom is -0.295 e. The molecule has 0 atom stereocenters. The predicted octanol–water partition coefficient (Wildman–Crippen LogP) is 7.05. The molecule has 3 aromatic carbocycles. The van der Waals surface area contributed by atoms with E-state index < -0.39 is 10.0 Å². The zero-order valence-corrected chi connectivity index (χ0v) is 23.5. The fraction of sp³-hybridized carbons (Fsp3) is 0.333. The lowest BCUT2D eigenvalue weighted by atomic mass is 10.0. The molecule has 1 aliphatic heterocycles. The van der Waals surface area contributed by atoms with Gasteiger partial charge >= 0.3 is 0 Å². The maximum Gasteiger partial charge on any atom is 0.243 e. The lowest BCUT2D eigenvalue weighted by Crippen LogP contribution is -2.34. The first kappa shape index (κ1) is 28.0. The smallest absolute Gasteiger partial charge is 0.243 e. The zero-order valence-electron chi connectivity index (χ0n) is 22.7. The number of hydrogen-bond acceptors (Lipinski definition) is 3. The van der Waals surface area contributed by atoms with Crippen LogP contribution in [-0.4, -0.2) is 50.3 Å². The summed E-state index contributed by atoms with van der Waals surface area (Å²) in [5.41, 5.74) is 5.66. The Balaban J connectivity index is 1.73. The van der Waals surface area contributed by atoms with Gasteiger partial charge in [-0.2, -0.15) is 4.31 Å². The van der Waals surface area contributed by atoms with E-state index in [1.54, 1.807) is 16.4 Å². The monoisotopic (exact) mass is 528 g/mol.